The van der Waals surface area contributed by atoms with Gasteiger partial charge in [-0.25, -0.2) is 0 Å². The zero-order valence-electron chi connectivity index (χ0n) is 15.4. The van der Waals surface area contributed by atoms with Crippen LogP contribution in [-0.2, 0) is 6.42 Å². The highest BCUT2D eigenvalue weighted by Gasteiger charge is 2.33. The van der Waals surface area contributed by atoms with Crippen LogP contribution in [0.25, 0.3) is 0 Å². The van der Waals surface area contributed by atoms with Crippen LogP contribution in [-0.4, -0.2) is 12.9 Å². The highest BCUT2D eigenvalue weighted by Crippen LogP contribution is 2.40. The predicted molar refractivity (Wildman–Crippen MR) is 104 cm³/mol. The van der Waals surface area contributed by atoms with Crippen molar-refractivity contribution in [3.63, 3.8) is 0 Å². The quantitative estimate of drug-likeness (QED) is 0.546. The van der Waals surface area contributed by atoms with E-state index in [1.165, 1.54) is 23.3 Å². The van der Waals surface area contributed by atoms with Crippen LogP contribution in [0.5, 0.6) is 5.75 Å². The molecular weight excluding hydrogens is 363 g/mol. The molecule has 0 N–H and O–H groups in total. The fourth-order valence-electron chi connectivity index (χ4n) is 3.95. The second-order valence-electron chi connectivity index (χ2n) is 6.95. The largest absolute Gasteiger partial charge is 0.573 e. The summed E-state index contributed by atoms with van der Waals surface area (Å²) < 4.78 is 41.8. The summed E-state index contributed by atoms with van der Waals surface area (Å²) in [5.41, 5.74) is 5.30. The number of para-hydroxylation sites is 1. The molecule has 4 rings (SSSR count). The van der Waals surface area contributed by atoms with Crippen molar-refractivity contribution in [1.29, 1.82) is 0 Å². The summed E-state index contributed by atoms with van der Waals surface area (Å²) in [5.74, 6) is -0.191. The molecule has 3 aromatic rings. The van der Waals surface area contributed by atoms with E-state index in [9.17, 15) is 13.2 Å². The Bertz CT molecular complexity index is 969. The molecule has 0 amide bonds. The van der Waals surface area contributed by atoms with Gasteiger partial charge in [-0.1, -0.05) is 48.5 Å². The fourth-order valence-corrected chi connectivity index (χ4v) is 3.95. The molecule has 0 saturated carbocycles. The SMILES string of the molecule is Cc1cc(OC(F)(F)F)ccc1C1c2ccccc2CCN1c1ccccc1. The van der Waals surface area contributed by atoms with Crippen molar-refractivity contribution in [2.75, 3.05) is 11.4 Å². The molecule has 1 aliphatic rings. The van der Waals surface area contributed by atoms with Gasteiger partial charge in [-0.05, 0) is 59.9 Å². The highest BCUT2D eigenvalue weighted by molar-refractivity contribution is 5.57. The molecule has 0 fully saturated rings. The van der Waals surface area contributed by atoms with Gasteiger partial charge in [0.05, 0.1) is 6.04 Å². The maximum Gasteiger partial charge on any atom is 0.573 e. The number of benzene rings is 3. The molecule has 28 heavy (non-hydrogen) atoms. The van der Waals surface area contributed by atoms with Gasteiger partial charge in [0.2, 0.25) is 0 Å². The van der Waals surface area contributed by atoms with E-state index in [2.05, 4.69) is 33.9 Å². The molecule has 1 atom stereocenters. The Balaban J connectivity index is 1.79. The van der Waals surface area contributed by atoms with E-state index in [0.717, 1.165) is 29.8 Å². The summed E-state index contributed by atoms with van der Waals surface area (Å²) in [5, 5.41) is 0. The second-order valence-corrected chi connectivity index (χ2v) is 6.95. The monoisotopic (exact) mass is 383 g/mol. The first-order valence-corrected chi connectivity index (χ1v) is 9.18. The zero-order valence-corrected chi connectivity index (χ0v) is 15.4. The molecular formula is C23H20F3NO. The van der Waals surface area contributed by atoms with Crippen LogP contribution in [0.1, 0.15) is 28.3 Å². The lowest BCUT2D eigenvalue weighted by molar-refractivity contribution is -0.274. The molecule has 0 saturated heterocycles. The molecule has 0 spiro atoms. The van der Waals surface area contributed by atoms with Gasteiger partial charge < -0.3 is 9.64 Å². The van der Waals surface area contributed by atoms with Crippen LogP contribution in [0.15, 0.2) is 72.8 Å². The molecule has 1 heterocycles. The standard InChI is InChI=1S/C23H20F3NO/c1-16-15-19(28-23(24,25)26)11-12-20(16)22-21-10-6-5-7-17(21)13-14-27(22)18-8-3-2-4-9-18/h2-12,15,22H,13-14H2,1H3. The number of rotatable bonds is 3. The van der Waals surface area contributed by atoms with Crippen molar-refractivity contribution in [3.05, 3.63) is 95.1 Å². The van der Waals surface area contributed by atoms with Gasteiger partial charge in [0, 0.05) is 12.2 Å². The first-order valence-electron chi connectivity index (χ1n) is 9.18. The summed E-state index contributed by atoms with van der Waals surface area (Å²) in [6.07, 6.45) is -3.77. The minimum Gasteiger partial charge on any atom is -0.406 e. The third kappa shape index (κ3) is 3.70. The summed E-state index contributed by atoms with van der Waals surface area (Å²) in [7, 11) is 0. The van der Waals surface area contributed by atoms with Gasteiger partial charge >= 0.3 is 6.36 Å². The molecule has 1 aliphatic heterocycles. The van der Waals surface area contributed by atoms with Crippen molar-refractivity contribution < 1.29 is 17.9 Å². The number of aryl methyl sites for hydroxylation is 1. The van der Waals surface area contributed by atoms with E-state index in [4.69, 9.17) is 0 Å². The molecule has 0 bridgehead atoms. The van der Waals surface area contributed by atoms with Crippen molar-refractivity contribution in [1.82, 2.24) is 0 Å². The lowest BCUT2D eigenvalue weighted by Gasteiger charge is -2.40. The minimum absolute atomic E-state index is 0.0627. The van der Waals surface area contributed by atoms with Crippen LogP contribution in [0.4, 0.5) is 18.9 Å². The Hall–Kier alpha value is -2.95. The topological polar surface area (TPSA) is 12.5 Å². The molecule has 5 heteroatoms. The van der Waals surface area contributed by atoms with Crippen molar-refractivity contribution in [3.8, 4) is 5.75 Å². The Labute approximate surface area is 162 Å². The molecule has 2 nitrogen and oxygen atoms in total. The van der Waals surface area contributed by atoms with Gasteiger partial charge in [-0.15, -0.1) is 13.2 Å². The third-order valence-corrected chi connectivity index (χ3v) is 5.14. The number of hydrogen-bond donors (Lipinski definition) is 0. The number of halogens is 3. The number of alkyl halides is 3. The maximum absolute atomic E-state index is 12.6. The Morgan fingerprint density at radius 3 is 2.32 bits per heavy atom. The summed E-state index contributed by atoms with van der Waals surface area (Å²) >= 11 is 0. The maximum atomic E-state index is 12.6. The van der Waals surface area contributed by atoms with Crippen LogP contribution in [0, 0.1) is 6.92 Å². The number of hydrogen-bond acceptors (Lipinski definition) is 2. The van der Waals surface area contributed by atoms with E-state index in [1.54, 1.807) is 6.07 Å². The van der Waals surface area contributed by atoms with Crippen LogP contribution in [0.3, 0.4) is 0 Å². The molecule has 0 aromatic heterocycles. The van der Waals surface area contributed by atoms with Gasteiger partial charge in [0.15, 0.2) is 0 Å². The summed E-state index contributed by atoms with van der Waals surface area (Å²) in [6, 6.07) is 22.9. The predicted octanol–water partition coefficient (Wildman–Crippen LogP) is 6.05. The lowest BCUT2D eigenvalue weighted by atomic mass is 9.86. The molecule has 1 unspecified atom stereocenters. The summed E-state index contributed by atoms with van der Waals surface area (Å²) in [4.78, 5) is 2.31. The first kappa shape index (κ1) is 18.4. The van der Waals surface area contributed by atoms with Crippen molar-refractivity contribution >= 4 is 5.69 Å². The van der Waals surface area contributed by atoms with E-state index in [-0.39, 0.29) is 11.8 Å². The average molecular weight is 383 g/mol. The van der Waals surface area contributed by atoms with Crippen LogP contribution >= 0.6 is 0 Å². The van der Waals surface area contributed by atoms with Crippen molar-refractivity contribution in [2.24, 2.45) is 0 Å². The smallest absolute Gasteiger partial charge is 0.406 e. The van der Waals surface area contributed by atoms with E-state index >= 15 is 0 Å². The molecule has 0 radical (unpaired) electrons. The van der Waals surface area contributed by atoms with Gasteiger partial charge in [0.25, 0.3) is 0 Å². The minimum atomic E-state index is -4.69. The van der Waals surface area contributed by atoms with Crippen LogP contribution < -0.4 is 9.64 Å². The van der Waals surface area contributed by atoms with Gasteiger partial charge in [-0.3, -0.25) is 0 Å². The molecule has 3 aromatic carbocycles. The van der Waals surface area contributed by atoms with Crippen molar-refractivity contribution in [2.45, 2.75) is 25.7 Å². The molecule has 0 aliphatic carbocycles. The van der Waals surface area contributed by atoms with E-state index in [1.807, 2.05) is 37.3 Å². The zero-order chi connectivity index (χ0) is 19.7. The molecule has 144 valence electrons. The Morgan fingerprint density at radius 2 is 1.61 bits per heavy atom. The number of anilines is 1. The number of fused-ring (bicyclic) bond motifs is 1. The second kappa shape index (κ2) is 7.23. The lowest BCUT2D eigenvalue weighted by Crippen LogP contribution is -2.36. The first-order chi connectivity index (χ1) is 13.4. The fraction of sp³-hybridized carbons (Fsp3) is 0.217. The normalized spacial score (nSPS) is 16.6. The van der Waals surface area contributed by atoms with Crippen LogP contribution in [0.2, 0.25) is 0 Å². The number of nitrogens with zero attached hydrogens (tertiary/aromatic N) is 1. The number of ether oxygens (including phenoxy) is 1. The third-order valence-electron chi connectivity index (χ3n) is 5.14. The van der Waals surface area contributed by atoms with E-state index in [0.29, 0.717) is 0 Å². The van der Waals surface area contributed by atoms with Gasteiger partial charge in [-0.2, -0.15) is 0 Å². The Morgan fingerprint density at radius 1 is 0.893 bits per heavy atom. The highest BCUT2D eigenvalue weighted by atomic mass is 19.4. The van der Waals surface area contributed by atoms with Gasteiger partial charge in [0.1, 0.15) is 5.75 Å². The van der Waals surface area contributed by atoms with E-state index < -0.39 is 6.36 Å². The summed E-state index contributed by atoms with van der Waals surface area (Å²) in [6.45, 7) is 2.67. The Kier molecular flexibility index (Phi) is 4.75. The average Bonchev–Trinajstić information content (AvgIpc) is 2.67.